The van der Waals surface area contributed by atoms with Crippen molar-refractivity contribution in [1.82, 2.24) is 5.32 Å². The average molecular weight is 318 g/mol. The van der Waals surface area contributed by atoms with Crippen molar-refractivity contribution in [2.45, 2.75) is 30.8 Å². The van der Waals surface area contributed by atoms with Gasteiger partial charge in [0.25, 0.3) is 5.08 Å². The highest BCUT2D eigenvalue weighted by Gasteiger charge is 2.58. The zero-order valence-corrected chi connectivity index (χ0v) is 12.1. The van der Waals surface area contributed by atoms with Gasteiger partial charge in [0.05, 0.1) is 0 Å². The average Bonchev–Trinajstić information content (AvgIpc) is 2.24. The van der Waals surface area contributed by atoms with E-state index in [9.17, 15) is 14.2 Å². The van der Waals surface area contributed by atoms with Crippen LogP contribution in [0.1, 0.15) is 25.7 Å². The molecule has 11 heteroatoms. The van der Waals surface area contributed by atoms with Gasteiger partial charge in [-0.05, 0) is 25.8 Å². The van der Waals surface area contributed by atoms with Crippen LogP contribution in [0.25, 0.3) is 0 Å². The van der Waals surface area contributed by atoms with Crippen molar-refractivity contribution in [3.8, 4) is 0 Å². The maximum absolute atomic E-state index is 11.0. The monoisotopic (exact) mass is 318 g/mol. The molecule has 0 spiro atoms. The van der Waals surface area contributed by atoms with Crippen molar-refractivity contribution in [1.29, 1.82) is 5.41 Å². The number of unbranched alkanes of at least 4 members (excludes halogenated alkanes) is 2. The Bertz CT molecular complexity index is 355. The highest BCUT2D eigenvalue weighted by atomic mass is 31.2. The molecule has 0 saturated heterocycles. The number of rotatable bonds is 10. The SMILES string of the molecule is N=CCNCCCCCC(O)(P(=O)(O)O)P(=O)(O)O. The largest absolute Gasteiger partial charge is 0.369 e. The Hall–Kier alpha value is -0.110. The van der Waals surface area contributed by atoms with Crippen molar-refractivity contribution in [3.05, 3.63) is 0 Å². The fourth-order valence-corrected chi connectivity index (χ4v) is 3.68. The van der Waals surface area contributed by atoms with Crippen molar-refractivity contribution in [3.63, 3.8) is 0 Å². The van der Waals surface area contributed by atoms with E-state index in [1.807, 2.05) is 0 Å². The van der Waals surface area contributed by atoms with Crippen molar-refractivity contribution >= 4 is 21.4 Å². The first-order valence-corrected chi connectivity index (χ1v) is 8.82. The first kappa shape index (κ1) is 18.9. The third kappa shape index (κ3) is 5.81. The van der Waals surface area contributed by atoms with Crippen molar-refractivity contribution < 1.29 is 33.8 Å². The zero-order chi connectivity index (χ0) is 15.2. The molecule has 0 aliphatic heterocycles. The molecule has 0 fully saturated rings. The minimum absolute atomic E-state index is 0.0684. The zero-order valence-electron chi connectivity index (χ0n) is 10.3. The molecule has 7 N–H and O–H groups in total. The van der Waals surface area contributed by atoms with Gasteiger partial charge in [-0.25, -0.2) is 0 Å². The molecule has 0 aromatic carbocycles. The molecule has 0 atom stereocenters. The van der Waals surface area contributed by atoms with E-state index >= 15 is 0 Å². The van der Waals surface area contributed by atoms with Crippen LogP contribution < -0.4 is 5.32 Å². The standard InChI is InChI=1S/C8H20N2O7P2/c9-5-7-10-6-3-1-2-4-8(11,18(12,13)14)19(15,16)17/h5,9-11H,1-4,6-7H2,(H2,12,13,14)(H2,15,16,17). The van der Waals surface area contributed by atoms with Crippen LogP contribution in [0.4, 0.5) is 0 Å². The molecule has 0 aliphatic carbocycles. The lowest BCUT2D eigenvalue weighted by molar-refractivity contribution is 0.120. The molecule has 114 valence electrons. The summed E-state index contributed by atoms with van der Waals surface area (Å²) in [5.41, 5.74) is 0. The number of hydrogen-bond donors (Lipinski definition) is 7. The summed E-state index contributed by atoms with van der Waals surface area (Å²) < 4.78 is 22.0. The van der Waals surface area contributed by atoms with E-state index in [1.165, 1.54) is 6.21 Å². The number of aliphatic hydroxyl groups is 1. The second kappa shape index (κ2) is 7.61. The van der Waals surface area contributed by atoms with Gasteiger partial charge in [0, 0.05) is 12.8 Å². The summed E-state index contributed by atoms with van der Waals surface area (Å²) in [5, 5.41) is 15.9. The Morgan fingerprint density at radius 2 is 1.58 bits per heavy atom. The van der Waals surface area contributed by atoms with E-state index in [0.29, 0.717) is 25.9 Å². The molecule has 0 amide bonds. The summed E-state index contributed by atoms with van der Waals surface area (Å²) in [6, 6.07) is 0. The lowest BCUT2D eigenvalue weighted by Gasteiger charge is -2.29. The molecular formula is C8H20N2O7P2. The lowest BCUT2D eigenvalue weighted by Crippen LogP contribution is -2.28. The minimum atomic E-state index is -5.33. The van der Waals surface area contributed by atoms with E-state index < -0.39 is 26.7 Å². The predicted molar refractivity (Wildman–Crippen MR) is 69.2 cm³/mol. The molecule has 0 aromatic rings. The fourth-order valence-electron chi connectivity index (χ4n) is 1.42. The molecule has 0 rings (SSSR count). The van der Waals surface area contributed by atoms with Crippen LogP contribution >= 0.6 is 15.2 Å². The van der Waals surface area contributed by atoms with Gasteiger partial charge in [0.2, 0.25) is 0 Å². The topological polar surface area (TPSA) is 171 Å². The second-order valence-electron chi connectivity index (χ2n) is 4.08. The lowest BCUT2D eigenvalue weighted by atomic mass is 10.2. The Morgan fingerprint density at radius 3 is 2.00 bits per heavy atom. The summed E-state index contributed by atoms with van der Waals surface area (Å²) >= 11 is 0. The van der Waals surface area contributed by atoms with Crippen LogP contribution in [0.15, 0.2) is 0 Å². The second-order valence-corrected chi connectivity index (χ2v) is 8.09. The Balaban J connectivity index is 4.29. The number of nitrogens with one attached hydrogen (secondary N) is 2. The number of hydrogen-bond acceptors (Lipinski definition) is 5. The molecule has 9 nitrogen and oxygen atoms in total. The highest BCUT2D eigenvalue weighted by Crippen LogP contribution is 2.69. The molecule has 0 aliphatic rings. The maximum atomic E-state index is 11.0. The molecular weight excluding hydrogens is 298 g/mol. The van der Waals surface area contributed by atoms with Crippen LogP contribution in [0, 0.1) is 5.41 Å². The van der Waals surface area contributed by atoms with Gasteiger partial charge < -0.3 is 35.4 Å². The molecule has 0 saturated carbocycles. The van der Waals surface area contributed by atoms with Gasteiger partial charge in [-0.2, -0.15) is 0 Å². The maximum Gasteiger partial charge on any atom is 0.369 e. The molecule has 19 heavy (non-hydrogen) atoms. The third-order valence-electron chi connectivity index (χ3n) is 2.55. The van der Waals surface area contributed by atoms with Crippen molar-refractivity contribution in [2.75, 3.05) is 13.1 Å². The first-order valence-electron chi connectivity index (χ1n) is 5.59. The van der Waals surface area contributed by atoms with Gasteiger partial charge in [0.1, 0.15) is 0 Å². The predicted octanol–water partition coefficient (Wildman–Crippen LogP) is -0.213. The van der Waals surface area contributed by atoms with Crippen LogP contribution in [0.2, 0.25) is 0 Å². The highest BCUT2D eigenvalue weighted by molar-refractivity contribution is 7.72. The smallest absolute Gasteiger partial charge is 0.368 e. The van der Waals surface area contributed by atoms with E-state index in [2.05, 4.69) is 5.32 Å². The van der Waals surface area contributed by atoms with Crippen molar-refractivity contribution in [2.24, 2.45) is 0 Å². The minimum Gasteiger partial charge on any atom is -0.368 e. The van der Waals surface area contributed by atoms with E-state index in [4.69, 9.17) is 25.0 Å². The summed E-state index contributed by atoms with van der Waals surface area (Å²) in [7, 11) is -10.7. The molecule has 0 aromatic heterocycles. The van der Waals surface area contributed by atoms with Gasteiger partial charge in [-0.3, -0.25) is 9.13 Å². The molecule has 0 unspecified atom stereocenters. The Kier molecular flexibility index (Phi) is 7.57. The van der Waals surface area contributed by atoms with Gasteiger partial charge in [-0.15, -0.1) is 0 Å². The van der Waals surface area contributed by atoms with Crippen LogP contribution in [0.5, 0.6) is 0 Å². The fraction of sp³-hybridized carbons (Fsp3) is 0.875. The van der Waals surface area contributed by atoms with Gasteiger partial charge in [-0.1, -0.05) is 6.42 Å². The molecule has 0 radical (unpaired) electrons. The summed E-state index contributed by atoms with van der Waals surface area (Å²) in [4.78, 5) is 35.5. The Labute approximate surface area is 110 Å². The quantitative estimate of drug-likeness (QED) is 0.165. The van der Waals surface area contributed by atoms with E-state index in [-0.39, 0.29) is 6.42 Å². The van der Waals surface area contributed by atoms with Gasteiger partial charge >= 0.3 is 15.2 Å². The van der Waals surface area contributed by atoms with Gasteiger partial charge in [0.15, 0.2) is 0 Å². The normalized spacial score (nSPS) is 13.5. The molecule has 0 heterocycles. The first-order chi connectivity index (χ1) is 8.56. The van der Waals surface area contributed by atoms with Crippen LogP contribution in [0.3, 0.4) is 0 Å². The Morgan fingerprint density at radius 1 is 1.05 bits per heavy atom. The van der Waals surface area contributed by atoms with E-state index in [0.717, 1.165) is 0 Å². The summed E-state index contributed by atoms with van der Waals surface area (Å²) in [6.45, 7) is 0.981. The summed E-state index contributed by atoms with van der Waals surface area (Å²) in [6.07, 6.45) is 1.62. The summed E-state index contributed by atoms with van der Waals surface area (Å²) in [5.74, 6) is 0. The third-order valence-corrected chi connectivity index (χ3v) is 6.42. The van der Waals surface area contributed by atoms with Crippen LogP contribution in [-0.2, 0) is 9.13 Å². The van der Waals surface area contributed by atoms with E-state index in [1.54, 1.807) is 0 Å². The van der Waals surface area contributed by atoms with Crippen LogP contribution in [-0.4, -0.2) is 49.1 Å². The molecule has 0 bridgehead atoms.